The van der Waals surface area contributed by atoms with Gasteiger partial charge in [-0.15, -0.1) is 0 Å². The Bertz CT molecular complexity index is 541. The summed E-state index contributed by atoms with van der Waals surface area (Å²) >= 11 is 5.98. The van der Waals surface area contributed by atoms with Crippen molar-refractivity contribution in [2.24, 2.45) is 0 Å². The Labute approximate surface area is 98.1 Å². The molecule has 1 aromatic carbocycles. The van der Waals surface area contributed by atoms with Crippen molar-refractivity contribution in [3.63, 3.8) is 0 Å². The van der Waals surface area contributed by atoms with E-state index in [9.17, 15) is 4.39 Å². The summed E-state index contributed by atoms with van der Waals surface area (Å²) < 4.78 is 12.9. The molecule has 4 heteroatoms. The van der Waals surface area contributed by atoms with Gasteiger partial charge in [-0.2, -0.15) is 0 Å². The van der Waals surface area contributed by atoms with Crippen molar-refractivity contribution in [2.45, 2.75) is 13.8 Å². The van der Waals surface area contributed by atoms with Gasteiger partial charge in [-0.1, -0.05) is 11.6 Å². The van der Waals surface area contributed by atoms with Gasteiger partial charge in [0.2, 0.25) is 0 Å². The van der Waals surface area contributed by atoms with Gasteiger partial charge in [-0.05, 0) is 32.0 Å². The van der Waals surface area contributed by atoms with Crippen LogP contribution in [0.3, 0.4) is 0 Å². The van der Waals surface area contributed by atoms with Crippen molar-refractivity contribution in [3.8, 4) is 11.3 Å². The lowest BCUT2D eigenvalue weighted by atomic mass is 10.1. The van der Waals surface area contributed by atoms with Crippen molar-refractivity contribution in [2.75, 3.05) is 0 Å². The van der Waals surface area contributed by atoms with E-state index in [0.29, 0.717) is 16.3 Å². The van der Waals surface area contributed by atoms with Gasteiger partial charge in [0.15, 0.2) is 0 Å². The fourth-order valence-corrected chi connectivity index (χ4v) is 1.73. The molecule has 0 saturated carbocycles. The maximum Gasteiger partial charge on any atom is 0.124 e. The van der Waals surface area contributed by atoms with Crippen LogP contribution in [0.1, 0.15) is 11.4 Å². The molecule has 0 unspecified atom stereocenters. The highest BCUT2D eigenvalue weighted by molar-refractivity contribution is 6.33. The van der Waals surface area contributed by atoms with Gasteiger partial charge in [0, 0.05) is 11.8 Å². The molecule has 0 saturated heterocycles. The predicted octanol–water partition coefficient (Wildman–Crippen LogP) is 3.55. The third-order valence-corrected chi connectivity index (χ3v) is 2.57. The second kappa shape index (κ2) is 4.18. The lowest BCUT2D eigenvalue weighted by molar-refractivity contribution is 0.628. The zero-order valence-corrected chi connectivity index (χ0v) is 9.72. The minimum absolute atomic E-state index is 0.350. The first kappa shape index (κ1) is 11.0. The standard InChI is InChI=1S/C12H10ClFN2/c1-7-6-15-8(2)12(16-7)10-4-3-9(14)5-11(10)13/h3-6H,1-2H3. The quantitative estimate of drug-likeness (QED) is 0.757. The third kappa shape index (κ3) is 2.04. The zero-order valence-electron chi connectivity index (χ0n) is 8.96. The van der Waals surface area contributed by atoms with Crippen LogP contribution in [-0.4, -0.2) is 9.97 Å². The maximum absolute atomic E-state index is 12.9. The normalized spacial score (nSPS) is 10.5. The van der Waals surface area contributed by atoms with Crippen molar-refractivity contribution >= 4 is 11.6 Å². The summed E-state index contributed by atoms with van der Waals surface area (Å²) in [6, 6.07) is 4.26. The smallest absolute Gasteiger partial charge is 0.124 e. The number of rotatable bonds is 1. The molecule has 1 aromatic heterocycles. The molecule has 1 heterocycles. The molecule has 0 aliphatic rings. The molecule has 82 valence electrons. The van der Waals surface area contributed by atoms with Crippen LogP contribution in [0.5, 0.6) is 0 Å². The highest BCUT2D eigenvalue weighted by Crippen LogP contribution is 2.28. The van der Waals surface area contributed by atoms with Gasteiger partial charge in [0.25, 0.3) is 0 Å². The first-order valence-corrected chi connectivity index (χ1v) is 5.21. The SMILES string of the molecule is Cc1cnc(C)c(-c2ccc(F)cc2Cl)n1. The maximum atomic E-state index is 12.9. The average Bonchev–Trinajstić information content (AvgIpc) is 2.22. The second-order valence-corrected chi connectivity index (χ2v) is 3.98. The molecule has 0 N–H and O–H groups in total. The number of aryl methyl sites for hydroxylation is 2. The van der Waals surface area contributed by atoms with Crippen LogP contribution in [0, 0.1) is 19.7 Å². The molecule has 0 radical (unpaired) electrons. The lowest BCUT2D eigenvalue weighted by Gasteiger charge is -2.07. The fraction of sp³-hybridized carbons (Fsp3) is 0.167. The van der Waals surface area contributed by atoms with Crippen molar-refractivity contribution < 1.29 is 4.39 Å². The molecule has 0 atom stereocenters. The van der Waals surface area contributed by atoms with E-state index in [1.54, 1.807) is 12.3 Å². The van der Waals surface area contributed by atoms with E-state index in [0.717, 1.165) is 11.4 Å². The van der Waals surface area contributed by atoms with Crippen molar-refractivity contribution in [1.29, 1.82) is 0 Å². The summed E-state index contributed by atoms with van der Waals surface area (Å²) in [5.74, 6) is -0.355. The second-order valence-electron chi connectivity index (χ2n) is 3.57. The molecular formula is C12H10ClFN2. The Morgan fingerprint density at radius 1 is 1.25 bits per heavy atom. The minimum atomic E-state index is -0.355. The molecule has 2 rings (SSSR count). The number of hydrogen-bond acceptors (Lipinski definition) is 2. The van der Waals surface area contributed by atoms with Crippen LogP contribution < -0.4 is 0 Å². The van der Waals surface area contributed by atoms with Crippen LogP contribution >= 0.6 is 11.6 Å². The summed E-state index contributed by atoms with van der Waals surface area (Å²) in [5.41, 5.74) is 2.99. The first-order chi connectivity index (χ1) is 7.58. The zero-order chi connectivity index (χ0) is 11.7. The van der Waals surface area contributed by atoms with Crippen LogP contribution in [-0.2, 0) is 0 Å². The van der Waals surface area contributed by atoms with Gasteiger partial charge < -0.3 is 0 Å². The fourth-order valence-electron chi connectivity index (χ4n) is 1.47. The number of nitrogens with zero attached hydrogens (tertiary/aromatic N) is 2. The topological polar surface area (TPSA) is 25.8 Å². The molecule has 0 aliphatic heterocycles. The highest BCUT2D eigenvalue weighted by Gasteiger charge is 2.09. The molecule has 0 fully saturated rings. The van der Waals surface area contributed by atoms with E-state index < -0.39 is 0 Å². The minimum Gasteiger partial charge on any atom is -0.257 e. The highest BCUT2D eigenvalue weighted by atomic mass is 35.5. The molecule has 0 spiro atoms. The number of aromatic nitrogens is 2. The predicted molar refractivity (Wildman–Crippen MR) is 61.9 cm³/mol. The Kier molecular flexibility index (Phi) is 2.88. The van der Waals surface area contributed by atoms with E-state index in [1.807, 2.05) is 13.8 Å². The van der Waals surface area contributed by atoms with Crippen molar-refractivity contribution in [1.82, 2.24) is 9.97 Å². The van der Waals surface area contributed by atoms with E-state index in [1.165, 1.54) is 12.1 Å². The molecule has 16 heavy (non-hydrogen) atoms. The van der Waals surface area contributed by atoms with E-state index >= 15 is 0 Å². The Hall–Kier alpha value is -1.48. The van der Waals surface area contributed by atoms with Gasteiger partial charge in [0.1, 0.15) is 5.82 Å². The molecule has 2 nitrogen and oxygen atoms in total. The molecule has 0 bridgehead atoms. The number of benzene rings is 1. The van der Waals surface area contributed by atoms with E-state index in [4.69, 9.17) is 11.6 Å². The Morgan fingerprint density at radius 3 is 2.69 bits per heavy atom. The number of hydrogen-bond donors (Lipinski definition) is 0. The number of halogens is 2. The third-order valence-electron chi connectivity index (χ3n) is 2.26. The largest absolute Gasteiger partial charge is 0.257 e. The summed E-state index contributed by atoms with van der Waals surface area (Å²) in [5, 5.41) is 0.350. The van der Waals surface area contributed by atoms with Crippen LogP contribution in [0.2, 0.25) is 5.02 Å². The average molecular weight is 237 g/mol. The van der Waals surface area contributed by atoms with Gasteiger partial charge in [0.05, 0.1) is 22.1 Å². The van der Waals surface area contributed by atoms with Crippen LogP contribution in [0.15, 0.2) is 24.4 Å². The Morgan fingerprint density at radius 2 is 2.00 bits per heavy atom. The Balaban J connectivity index is 2.62. The van der Waals surface area contributed by atoms with E-state index in [-0.39, 0.29) is 5.82 Å². The molecule has 0 aliphatic carbocycles. The van der Waals surface area contributed by atoms with Crippen LogP contribution in [0.4, 0.5) is 4.39 Å². The monoisotopic (exact) mass is 236 g/mol. The van der Waals surface area contributed by atoms with Crippen LogP contribution in [0.25, 0.3) is 11.3 Å². The summed E-state index contributed by atoms with van der Waals surface area (Å²) in [6.45, 7) is 3.70. The molecular weight excluding hydrogens is 227 g/mol. The van der Waals surface area contributed by atoms with Gasteiger partial charge >= 0.3 is 0 Å². The van der Waals surface area contributed by atoms with E-state index in [2.05, 4.69) is 9.97 Å². The first-order valence-electron chi connectivity index (χ1n) is 4.83. The lowest BCUT2D eigenvalue weighted by Crippen LogP contribution is -1.95. The summed E-state index contributed by atoms with van der Waals surface area (Å²) in [4.78, 5) is 8.57. The summed E-state index contributed by atoms with van der Waals surface area (Å²) in [7, 11) is 0. The molecule has 2 aromatic rings. The van der Waals surface area contributed by atoms with Crippen molar-refractivity contribution in [3.05, 3.63) is 46.6 Å². The molecule has 0 amide bonds. The van der Waals surface area contributed by atoms with Gasteiger partial charge in [-0.25, -0.2) is 9.37 Å². The van der Waals surface area contributed by atoms with Gasteiger partial charge in [-0.3, -0.25) is 4.98 Å². The summed E-state index contributed by atoms with van der Waals surface area (Å²) in [6.07, 6.45) is 1.69.